The van der Waals surface area contributed by atoms with Gasteiger partial charge in [0.1, 0.15) is 5.82 Å². The highest BCUT2D eigenvalue weighted by Gasteiger charge is 2.21. The molecule has 0 saturated heterocycles. The van der Waals surface area contributed by atoms with E-state index in [1.54, 1.807) is 0 Å². The summed E-state index contributed by atoms with van der Waals surface area (Å²) in [4.78, 5) is 20.9. The molecule has 92 valence electrons. The zero-order valence-corrected chi connectivity index (χ0v) is 9.79. The van der Waals surface area contributed by atoms with Crippen LogP contribution in [0.1, 0.15) is 23.7 Å². The molecule has 5 nitrogen and oxygen atoms in total. The Morgan fingerprint density at radius 3 is 2.71 bits per heavy atom. The van der Waals surface area contributed by atoms with E-state index in [0.717, 1.165) is 24.2 Å². The van der Waals surface area contributed by atoms with E-state index < -0.39 is 28.0 Å². The largest absolute Gasteiger partial charge is 0.478 e. The predicted molar refractivity (Wildman–Crippen MR) is 61.0 cm³/mol. The lowest BCUT2D eigenvalue weighted by molar-refractivity contribution is -0.387. The van der Waals surface area contributed by atoms with Gasteiger partial charge in [-0.2, -0.15) is 0 Å². The monoisotopic (exact) mass is 259 g/mol. The molecule has 0 spiro atoms. The van der Waals surface area contributed by atoms with Crippen molar-refractivity contribution in [2.24, 2.45) is 0 Å². The van der Waals surface area contributed by atoms with Gasteiger partial charge in [0.05, 0.1) is 21.4 Å². The molecule has 1 aromatic carbocycles. The number of thioether (sulfide) groups is 1. The summed E-state index contributed by atoms with van der Waals surface area (Å²) in [6.45, 7) is 1.89. The minimum absolute atomic E-state index is 0.177. The second-order valence-electron chi connectivity index (χ2n) is 3.21. The summed E-state index contributed by atoms with van der Waals surface area (Å²) in [5.74, 6) is -1.92. The normalized spacial score (nSPS) is 10.2. The van der Waals surface area contributed by atoms with E-state index in [1.807, 2.05) is 6.92 Å². The van der Waals surface area contributed by atoms with Gasteiger partial charge in [0.25, 0.3) is 5.69 Å². The first kappa shape index (κ1) is 13.4. The van der Waals surface area contributed by atoms with E-state index in [4.69, 9.17) is 5.11 Å². The Balaban J connectivity index is 3.26. The Hall–Kier alpha value is -1.63. The molecule has 0 unspecified atom stereocenters. The minimum atomic E-state index is -1.43. The molecule has 0 aliphatic rings. The van der Waals surface area contributed by atoms with E-state index in [2.05, 4.69) is 0 Å². The summed E-state index contributed by atoms with van der Waals surface area (Å²) >= 11 is 1.14. The third-order valence-corrected chi connectivity index (χ3v) is 3.19. The smallest absolute Gasteiger partial charge is 0.338 e. The number of nitro groups is 1. The number of carboxylic acid groups (broad SMARTS) is 1. The van der Waals surface area contributed by atoms with Crippen LogP contribution < -0.4 is 0 Å². The van der Waals surface area contributed by atoms with Crippen LogP contribution in [0.4, 0.5) is 10.1 Å². The van der Waals surface area contributed by atoms with Crippen molar-refractivity contribution in [1.82, 2.24) is 0 Å². The fraction of sp³-hybridized carbons (Fsp3) is 0.300. The minimum Gasteiger partial charge on any atom is -0.478 e. The van der Waals surface area contributed by atoms with Crippen molar-refractivity contribution in [2.45, 2.75) is 18.2 Å². The van der Waals surface area contributed by atoms with Crippen LogP contribution in [0, 0.1) is 15.9 Å². The van der Waals surface area contributed by atoms with Gasteiger partial charge < -0.3 is 5.11 Å². The Morgan fingerprint density at radius 2 is 2.24 bits per heavy atom. The summed E-state index contributed by atoms with van der Waals surface area (Å²) in [6, 6.07) is 1.66. The van der Waals surface area contributed by atoms with Crippen LogP contribution >= 0.6 is 11.8 Å². The number of aromatic carboxylic acids is 1. The first-order valence-electron chi connectivity index (χ1n) is 4.81. The van der Waals surface area contributed by atoms with Crippen LogP contribution in [0.5, 0.6) is 0 Å². The molecule has 0 heterocycles. The molecule has 0 amide bonds. The van der Waals surface area contributed by atoms with E-state index >= 15 is 0 Å². The van der Waals surface area contributed by atoms with E-state index in [0.29, 0.717) is 11.8 Å². The molecule has 0 aromatic heterocycles. The van der Waals surface area contributed by atoms with Crippen molar-refractivity contribution in [3.05, 3.63) is 33.6 Å². The molecule has 1 aromatic rings. The molecular weight excluding hydrogens is 249 g/mol. The second-order valence-corrected chi connectivity index (χ2v) is 4.35. The van der Waals surface area contributed by atoms with Crippen molar-refractivity contribution in [3.8, 4) is 0 Å². The Bertz CT molecular complexity index is 464. The number of hydrogen-bond acceptors (Lipinski definition) is 4. The molecular formula is C10H10FNO4S. The SMILES string of the molecule is CCCSc1cc(C(=O)O)c(F)cc1[N+](=O)[O-]. The van der Waals surface area contributed by atoms with E-state index in [1.165, 1.54) is 0 Å². The zero-order valence-electron chi connectivity index (χ0n) is 8.97. The Labute approximate surface area is 101 Å². The van der Waals surface area contributed by atoms with Gasteiger partial charge >= 0.3 is 5.97 Å². The molecule has 0 aliphatic carbocycles. The molecule has 0 aliphatic heterocycles. The highest BCUT2D eigenvalue weighted by atomic mass is 32.2. The van der Waals surface area contributed by atoms with Crippen molar-refractivity contribution >= 4 is 23.4 Å². The number of carbonyl (C=O) groups is 1. The number of hydrogen-bond donors (Lipinski definition) is 1. The summed E-state index contributed by atoms with van der Waals surface area (Å²) in [7, 11) is 0. The van der Waals surface area contributed by atoms with Crippen LogP contribution in [0.2, 0.25) is 0 Å². The highest BCUT2D eigenvalue weighted by molar-refractivity contribution is 7.99. The molecule has 1 N–H and O–H groups in total. The topological polar surface area (TPSA) is 80.4 Å². The molecule has 17 heavy (non-hydrogen) atoms. The number of carboxylic acids is 1. The van der Waals surface area contributed by atoms with E-state index in [9.17, 15) is 19.3 Å². The molecule has 7 heteroatoms. The number of benzene rings is 1. The summed E-state index contributed by atoms with van der Waals surface area (Å²) in [5.41, 5.74) is -0.944. The number of halogens is 1. The van der Waals surface area contributed by atoms with Gasteiger partial charge in [-0.25, -0.2) is 9.18 Å². The molecule has 0 atom stereocenters. The van der Waals surface area contributed by atoms with Crippen LogP contribution in [-0.2, 0) is 0 Å². The van der Waals surface area contributed by atoms with Crippen molar-refractivity contribution in [3.63, 3.8) is 0 Å². The maximum Gasteiger partial charge on any atom is 0.338 e. The first-order valence-corrected chi connectivity index (χ1v) is 5.80. The highest BCUT2D eigenvalue weighted by Crippen LogP contribution is 2.32. The van der Waals surface area contributed by atoms with Crippen molar-refractivity contribution in [2.75, 3.05) is 5.75 Å². The fourth-order valence-corrected chi connectivity index (χ4v) is 2.08. The van der Waals surface area contributed by atoms with Crippen LogP contribution in [0.25, 0.3) is 0 Å². The molecule has 0 radical (unpaired) electrons. The average molecular weight is 259 g/mol. The van der Waals surface area contributed by atoms with Crippen molar-refractivity contribution in [1.29, 1.82) is 0 Å². The third kappa shape index (κ3) is 3.16. The van der Waals surface area contributed by atoms with Crippen LogP contribution in [-0.4, -0.2) is 21.8 Å². The number of nitrogens with zero attached hydrogens (tertiary/aromatic N) is 1. The van der Waals surface area contributed by atoms with Gasteiger partial charge in [0.15, 0.2) is 0 Å². The first-order chi connectivity index (χ1) is 7.97. The standard InChI is InChI=1S/C10H10FNO4S/c1-2-3-17-9-4-6(10(13)14)7(11)5-8(9)12(15)16/h4-5H,2-3H2,1H3,(H,13,14). The number of rotatable bonds is 5. The lowest BCUT2D eigenvalue weighted by Crippen LogP contribution is -2.03. The maximum absolute atomic E-state index is 13.3. The van der Waals surface area contributed by atoms with E-state index in [-0.39, 0.29) is 4.90 Å². The van der Waals surface area contributed by atoms with Gasteiger partial charge in [-0.1, -0.05) is 6.92 Å². The van der Waals surface area contributed by atoms with Gasteiger partial charge in [-0.05, 0) is 18.2 Å². The van der Waals surface area contributed by atoms with Gasteiger partial charge in [-0.15, -0.1) is 11.8 Å². The quantitative estimate of drug-likeness (QED) is 0.499. The molecule has 0 saturated carbocycles. The molecule has 1 rings (SSSR count). The summed E-state index contributed by atoms with van der Waals surface area (Å²) in [5, 5.41) is 19.4. The maximum atomic E-state index is 13.3. The zero-order chi connectivity index (χ0) is 13.0. The molecule has 0 bridgehead atoms. The predicted octanol–water partition coefficient (Wildman–Crippen LogP) is 2.93. The lowest BCUT2D eigenvalue weighted by atomic mass is 10.2. The summed E-state index contributed by atoms with van der Waals surface area (Å²) in [6.07, 6.45) is 0.779. The molecule has 0 fully saturated rings. The average Bonchev–Trinajstić information content (AvgIpc) is 2.26. The van der Waals surface area contributed by atoms with Crippen molar-refractivity contribution < 1.29 is 19.2 Å². The Morgan fingerprint density at radius 1 is 1.59 bits per heavy atom. The lowest BCUT2D eigenvalue weighted by Gasteiger charge is -2.04. The summed E-state index contributed by atoms with van der Waals surface area (Å²) < 4.78 is 13.3. The van der Waals surface area contributed by atoms with Gasteiger partial charge in [0.2, 0.25) is 0 Å². The fourth-order valence-electron chi connectivity index (χ4n) is 1.18. The van der Waals surface area contributed by atoms with Crippen LogP contribution in [0.15, 0.2) is 17.0 Å². The Kier molecular flexibility index (Phi) is 4.45. The number of nitro benzene ring substituents is 1. The third-order valence-electron chi connectivity index (χ3n) is 1.94. The van der Waals surface area contributed by atoms with Crippen LogP contribution in [0.3, 0.4) is 0 Å². The second kappa shape index (κ2) is 5.62. The van der Waals surface area contributed by atoms with Gasteiger partial charge in [0, 0.05) is 0 Å². The van der Waals surface area contributed by atoms with Gasteiger partial charge in [-0.3, -0.25) is 10.1 Å².